The second-order valence-electron chi connectivity index (χ2n) is 8.26. The van der Waals surface area contributed by atoms with Gasteiger partial charge in [-0.2, -0.15) is 0 Å². The summed E-state index contributed by atoms with van der Waals surface area (Å²) in [5.74, 6) is 0.635. The normalized spacial score (nSPS) is 13.8. The third kappa shape index (κ3) is 7.79. The molecule has 0 aliphatic carbocycles. The zero-order valence-corrected chi connectivity index (χ0v) is 20.0. The standard InChI is InChI=1S/C26H35N5O2/c1-7-19(24(32)27-12-11-17(3)4)15-21(8-2)30-23-10-9-20(16-22(23)18(5)6)25(33)31-26-28-13-14-29-26/h7-10,15-17,30H,2,5,11-14H2,1,3-4,6H3,(H,27,32)(H2,28,29,31,33)/b19-7+,21-15+. The van der Waals surface area contributed by atoms with E-state index >= 15 is 0 Å². The highest BCUT2D eigenvalue weighted by Crippen LogP contribution is 2.26. The lowest BCUT2D eigenvalue weighted by Gasteiger charge is -2.15. The molecule has 1 aliphatic heterocycles. The van der Waals surface area contributed by atoms with Crippen LogP contribution in [0.4, 0.5) is 5.69 Å². The number of amides is 2. The fraction of sp³-hybridized carbons (Fsp3) is 0.346. The van der Waals surface area contributed by atoms with Crippen molar-refractivity contribution in [3.05, 3.63) is 72.0 Å². The van der Waals surface area contributed by atoms with Crippen molar-refractivity contribution >= 4 is 29.0 Å². The lowest BCUT2D eigenvalue weighted by molar-refractivity contribution is -0.117. The molecule has 1 aromatic rings. The number of benzene rings is 1. The number of hydrogen-bond donors (Lipinski definition) is 4. The average molecular weight is 450 g/mol. The van der Waals surface area contributed by atoms with Gasteiger partial charge in [-0.3, -0.25) is 19.9 Å². The van der Waals surface area contributed by atoms with Gasteiger partial charge in [-0.15, -0.1) is 0 Å². The maximum Gasteiger partial charge on any atom is 0.257 e. The van der Waals surface area contributed by atoms with Gasteiger partial charge in [-0.25, -0.2) is 0 Å². The molecule has 1 heterocycles. The highest BCUT2D eigenvalue weighted by Gasteiger charge is 2.15. The topological polar surface area (TPSA) is 94.6 Å². The van der Waals surface area contributed by atoms with E-state index in [-0.39, 0.29) is 11.8 Å². The SMILES string of the molecule is C=C/C(=C\C(=C/C)C(=O)NCCC(C)C)Nc1ccc(C(=O)NC2=NCCN2)cc1C(=C)C. The number of anilines is 1. The Balaban J connectivity index is 2.20. The Bertz CT molecular complexity index is 1000. The predicted octanol–water partition coefficient (Wildman–Crippen LogP) is 4.00. The fourth-order valence-electron chi connectivity index (χ4n) is 3.13. The van der Waals surface area contributed by atoms with Crippen molar-refractivity contribution in [3.63, 3.8) is 0 Å². The van der Waals surface area contributed by atoms with Crippen LogP contribution in [0.2, 0.25) is 0 Å². The molecule has 0 saturated carbocycles. The summed E-state index contributed by atoms with van der Waals surface area (Å²) < 4.78 is 0. The van der Waals surface area contributed by atoms with E-state index in [2.05, 4.69) is 53.3 Å². The highest BCUT2D eigenvalue weighted by molar-refractivity contribution is 6.06. The number of carbonyl (C=O) groups excluding carboxylic acids is 2. The molecule has 7 heteroatoms. The molecule has 0 aromatic heterocycles. The number of guanidine groups is 1. The summed E-state index contributed by atoms with van der Waals surface area (Å²) in [5.41, 5.74) is 4.05. The van der Waals surface area contributed by atoms with E-state index < -0.39 is 0 Å². The third-order valence-corrected chi connectivity index (χ3v) is 5.04. The molecule has 176 valence electrons. The van der Waals surface area contributed by atoms with Crippen LogP contribution in [-0.2, 0) is 4.79 Å². The first-order valence-corrected chi connectivity index (χ1v) is 11.2. The molecule has 2 rings (SSSR count). The van der Waals surface area contributed by atoms with E-state index in [4.69, 9.17) is 0 Å². The zero-order valence-electron chi connectivity index (χ0n) is 20.0. The smallest absolute Gasteiger partial charge is 0.257 e. The summed E-state index contributed by atoms with van der Waals surface area (Å²) in [5, 5.41) is 12.1. The molecule has 7 nitrogen and oxygen atoms in total. The van der Waals surface area contributed by atoms with Crippen molar-refractivity contribution in [2.24, 2.45) is 10.9 Å². The number of allylic oxidation sites excluding steroid dienone is 3. The third-order valence-electron chi connectivity index (χ3n) is 5.04. The number of nitrogens with zero attached hydrogens (tertiary/aromatic N) is 1. The largest absolute Gasteiger partial charge is 0.355 e. The molecule has 2 amide bonds. The molecule has 1 aliphatic rings. The molecule has 0 atom stereocenters. The molecule has 33 heavy (non-hydrogen) atoms. The minimum absolute atomic E-state index is 0.130. The predicted molar refractivity (Wildman–Crippen MR) is 137 cm³/mol. The quantitative estimate of drug-likeness (QED) is 0.321. The summed E-state index contributed by atoms with van der Waals surface area (Å²) in [6, 6.07) is 5.33. The molecule has 0 unspecified atom stereocenters. The van der Waals surface area contributed by atoms with Crippen LogP contribution in [0.15, 0.2) is 65.8 Å². The maximum atomic E-state index is 12.6. The van der Waals surface area contributed by atoms with Gasteiger partial charge in [0.05, 0.1) is 6.54 Å². The van der Waals surface area contributed by atoms with Crippen LogP contribution in [0.3, 0.4) is 0 Å². The molecular weight excluding hydrogens is 414 g/mol. The Morgan fingerprint density at radius 1 is 1.27 bits per heavy atom. The van der Waals surface area contributed by atoms with Crippen LogP contribution in [-0.4, -0.2) is 37.4 Å². The number of rotatable bonds is 10. The maximum absolute atomic E-state index is 12.6. The van der Waals surface area contributed by atoms with Gasteiger partial charge < -0.3 is 16.0 Å². The van der Waals surface area contributed by atoms with Crippen molar-refractivity contribution in [2.45, 2.75) is 34.1 Å². The van der Waals surface area contributed by atoms with Crippen molar-refractivity contribution in [2.75, 3.05) is 25.0 Å². The van der Waals surface area contributed by atoms with Gasteiger partial charge in [-0.05, 0) is 62.1 Å². The fourth-order valence-corrected chi connectivity index (χ4v) is 3.13. The molecule has 0 spiro atoms. The molecule has 1 aromatic carbocycles. The van der Waals surface area contributed by atoms with E-state index in [0.717, 1.165) is 29.8 Å². The van der Waals surface area contributed by atoms with Crippen LogP contribution >= 0.6 is 0 Å². The Kier molecular flexibility index (Phi) is 9.66. The van der Waals surface area contributed by atoms with Gasteiger partial charge in [0.15, 0.2) is 5.96 Å². The summed E-state index contributed by atoms with van der Waals surface area (Å²) in [4.78, 5) is 29.3. The average Bonchev–Trinajstić information content (AvgIpc) is 3.29. The molecule has 4 N–H and O–H groups in total. The van der Waals surface area contributed by atoms with Crippen molar-refractivity contribution in [1.29, 1.82) is 0 Å². The van der Waals surface area contributed by atoms with Crippen LogP contribution in [0.1, 0.15) is 50.0 Å². The molecule has 0 fully saturated rings. The second kappa shape index (κ2) is 12.4. The highest BCUT2D eigenvalue weighted by atomic mass is 16.2. The van der Waals surface area contributed by atoms with Gasteiger partial charge in [-0.1, -0.05) is 33.1 Å². The van der Waals surface area contributed by atoms with Crippen molar-refractivity contribution in [1.82, 2.24) is 16.0 Å². The van der Waals surface area contributed by atoms with Gasteiger partial charge in [0, 0.05) is 41.2 Å². The number of carbonyl (C=O) groups is 2. The van der Waals surface area contributed by atoms with Crippen molar-refractivity contribution < 1.29 is 9.59 Å². The van der Waals surface area contributed by atoms with E-state index in [1.54, 1.807) is 30.4 Å². The number of nitrogens with one attached hydrogen (secondary N) is 4. The molecule has 0 saturated heterocycles. The Morgan fingerprint density at radius 3 is 2.61 bits per heavy atom. The van der Waals surface area contributed by atoms with Crippen LogP contribution < -0.4 is 21.3 Å². The van der Waals surface area contributed by atoms with Gasteiger partial charge in [0.2, 0.25) is 0 Å². The molecule has 0 radical (unpaired) electrons. The van der Waals surface area contributed by atoms with E-state index in [9.17, 15) is 9.59 Å². The second-order valence-corrected chi connectivity index (χ2v) is 8.26. The first kappa shape index (κ1) is 25.6. The summed E-state index contributed by atoms with van der Waals surface area (Å²) in [6.07, 6.45) is 6.09. The minimum atomic E-state index is -0.244. The van der Waals surface area contributed by atoms with Gasteiger partial charge >= 0.3 is 0 Å². The van der Waals surface area contributed by atoms with Gasteiger partial charge in [0.1, 0.15) is 0 Å². The first-order chi connectivity index (χ1) is 15.7. The monoisotopic (exact) mass is 449 g/mol. The first-order valence-electron chi connectivity index (χ1n) is 11.2. The van der Waals surface area contributed by atoms with Crippen molar-refractivity contribution in [3.8, 4) is 0 Å². The zero-order chi connectivity index (χ0) is 24.4. The van der Waals surface area contributed by atoms with E-state index in [1.807, 2.05) is 19.9 Å². The van der Waals surface area contributed by atoms with E-state index in [1.165, 1.54) is 0 Å². The molecular formula is C26H35N5O2. The summed E-state index contributed by atoms with van der Waals surface area (Å²) in [6.45, 7) is 17.9. The Hall–Kier alpha value is -3.61. The Labute approximate surface area is 196 Å². The lowest BCUT2D eigenvalue weighted by Crippen LogP contribution is -2.38. The van der Waals surface area contributed by atoms with Crippen LogP contribution in [0.5, 0.6) is 0 Å². The van der Waals surface area contributed by atoms with Crippen LogP contribution in [0.25, 0.3) is 5.57 Å². The number of hydrogen-bond acceptors (Lipinski definition) is 5. The Morgan fingerprint density at radius 2 is 2.03 bits per heavy atom. The number of aliphatic imine (C=N–C) groups is 1. The lowest BCUT2D eigenvalue weighted by atomic mass is 10.0. The van der Waals surface area contributed by atoms with Crippen LogP contribution in [0, 0.1) is 5.92 Å². The molecule has 0 bridgehead atoms. The van der Waals surface area contributed by atoms with E-state index in [0.29, 0.717) is 41.8 Å². The summed E-state index contributed by atoms with van der Waals surface area (Å²) in [7, 11) is 0. The van der Waals surface area contributed by atoms with Gasteiger partial charge in [0.25, 0.3) is 11.8 Å². The minimum Gasteiger partial charge on any atom is -0.355 e. The summed E-state index contributed by atoms with van der Waals surface area (Å²) >= 11 is 0.